The first kappa shape index (κ1) is 19.0. The molecule has 0 unspecified atom stereocenters. The van der Waals surface area contributed by atoms with Gasteiger partial charge < -0.3 is 15.1 Å². The van der Waals surface area contributed by atoms with Crippen LogP contribution in [0.25, 0.3) is 0 Å². The molecule has 1 N–H and O–H groups in total. The van der Waals surface area contributed by atoms with Gasteiger partial charge in [0.2, 0.25) is 17.8 Å². The van der Waals surface area contributed by atoms with E-state index in [1.165, 1.54) is 5.56 Å². The van der Waals surface area contributed by atoms with Gasteiger partial charge in [0.05, 0.1) is 0 Å². The quantitative estimate of drug-likeness (QED) is 0.752. The highest BCUT2D eigenvalue weighted by Gasteiger charge is 2.18. The molecule has 25 heavy (non-hydrogen) atoms. The highest BCUT2D eigenvalue weighted by Crippen LogP contribution is 2.20. The summed E-state index contributed by atoms with van der Waals surface area (Å²) in [5.41, 5.74) is 1.24. The van der Waals surface area contributed by atoms with Gasteiger partial charge in [0.15, 0.2) is 0 Å². The van der Waals surface area contributed by atoms with E-state index in [0.29, 0.717) is 11.9 Å². The summed E-state index contributed by atoms with van der Waals surface area (Å²) >= 11 is 0. The first-order valence-electron chi connectivity index (χ1n) is 9.14. The van der Waals surface area contributed by atoms with Gasteiger partial charge in [-0.3, -0.25) is 0 Å². The lowest BCUT2D eigenvalue weighted by atomic mass is 10.2. The molecule has 0 aliphatic rings. The van der Waals surface area contributed by atoms with E-state index in [2.05, 4.69) is 77.0 Å². The Morgan fingerprint density at radius 1 is 0.920 bits per heavy atom. The highest BCUT2D eigenvalue weighted by molar-refractivity contribution is 5.46. The number of aromatic nitrogens is 3. The molecular formula is C19H30N6. The molecule has 1 aromatic carbocycles. The van der Waals surface area contributed by atoms with Gasteiger partial charge in [-0.1, -0.05) is 30.3 Å². The van der Waals surface area contributed by atoms with E-state index >= 15 is 0 Å². The maximum absolute atomic E-state index is 4.77. The van der Waals surface area contributed by atoms with Gasteiger partial charge in [0, 0.05) is 32.2 Å². The highest BCUT2D eigenvalue weighted by atomic mass is 15.4. The summed E-state index contributed by atoms with van der Waals surface area (Å²) in [4.78, 5) is 18.4. The molecule has 0 saturated carbocycles. The minimum absolute atomic E-state index is 0.279. The molecule has 6 heteroatoms. The second kappa shape index (κ2) is 9.20. The maximum Gasteiger partial charge on any atom is 0.232 e. The molecule has 2 aromatic rings. The lowest BCUT2D eigenvalue weighted by Crippen LogP contribution is -2.33. The smallest absolute Gasteiger partial charge is 0.232 e. The van der Waals surface area contributed by atoms with Crippen molar-refractivity contribution in [2.75, 3.05) is 34.8 Å². The number of nitrogens with one attached hydrogen (secondary N) is 1. The average molecular weight is 342 g/mol. The van der Waals surface area contributed by atoms with E-state index in [4.69, 9.17) is 4.98 Å². The van der Waals surface area contributed by atoms with Crippen LogP contribution in [0.2, 0.25) is 0 Å². The average Bonchev–Trinajstić information content (AvgIpc) is 2.61. The van der Waals surface area contributed by atoms with Gasteiger partial charge in [0.25, 0.3) is 0 Å². The summed E-state index contributed by atoms with van der Waals surface area (Å²) < 4.78 is 0. The van der Waals surface area contributed by atoms with E-state index in [9.17, 15) is 0 Å². The molecule has 136 valence electrons. The van der Waals surface area contributed by atoms with E-state index < -0.39 is 0 Å². The molecule has 0 aliphatic heterocycles. The molecule has 1 heterocycles. The molecule has 0 radical (unpaired) electrons. The molecule has 6 nitrogen and oxygen atoms in total. The van der Waals surface area contributed by atoms with Crippen molar-refractivity contribution in [3.63, 3.8) is 0 Å². The predicted molar refractivity (Wildman–Crippen MR) is 105 cm³/mol. The van der Waals surface area contributed by atoms with Crippen molar-refractivity contribution in [3.05, 3.63) is 35.9 Å². The van der Waals surface area contributed by atoms with Crippen LogP contribution >= 0.6 is 0 Å². The summed E-state index contributed by atoms with van der Waals surface area (Å²) in [6, 6.07) is 10.7. The number of hydrogen-bond acceptors (Lipinski definition) is 6. The molecule has 1 aromatic heterocycles. The molecule has 2 rings (SSSR count). The van der Waals surface area contributed by atoms with Crippen LogP contribution in [-0.4, -0.2) is 40.6 Å². The van der Waals surface area contributed by atoms with E-state index in [1.807, 2.05) is 13.0 Å². The number of rotatable bonds is 9. The number of benzene rings is 1. The first-order valence-corrected chi connectivity index (χ1v) is 9.14. The van der Waals surface area contributed by atoms with Crippen LogP contribution in [0.1, 0.15) is 40.2 Å². The second-order valence-corrected chi connectivity index (χ2v) is 6.17. The van der Waals surface area contributed by atoms with Crippen molar-refractivity contribution in [1.82, 2.24) is 15.0 Å². The number of anilines is 3. The molecule has 0 fully saturated rings. The lowest BCUT2D eigenvalue weighted by Gasteiger charge is -2.28. The van der Waals surface area contributed by atoms with Crippen molar-refractivity contribution in [2.45, 2.75) is 47.2 Å². The third-order valence-electron chi connectivity index (χ3n) is 4.07. The van der Waals surface area contributed by atoms with Crippen molar-refractivity contribution < 1.29 is 0 Å². The number of hydrogen-bond donors (Lipinski definition) is 1. The zero-order valence-electron chi connectivity index (χ0n) is 16.0. The van der Waals surface area contributed by atoms with Gasteiger partial charge in [-0.15, -0.1) is 0 Å². The largest absolute Gasteiger partial charge is 0.354 e. The van der Waals surface area contributed by atoms with Crippen LogP contribution in [0.15, 0.2) is 30.3 Å². The van der Waals surface area contributed by atoms with Crippen molar-refractivity contribution in [3.8, 4) is 0 Å². The SMILES string of the molecule is CCNc1nc(N(CC)CC)nc(N(Cc2ccccc2)C(C)C)n1. The summed E-state index contributed by atoms with van der Waals surface area (Å²) in [5.74, 6) is 2.07. The fourth-order valence-electron chi connectivity index (χ4n) is 2.63. The van der Waals surface area contributed by atoms with E-state index in [-0.39, 0.29) is 6.04 Å². The van der Waals surface area contributed by atoms with Crippen LogP contribution < -0.4 is 15.1 Å². The standard InChI is InChI=1S/C19H30N6/c1-6-20-17-21-18(24(7-2)8-3)23-19(22-17)25(15(4)5)14-16-12-10-9-11-13-16/h9-13,15H,6-8,14H2,1-5H3,(H,20,21,22,23). The first-order chi connectivity index (χ1) is 12.1. The van der Waals surface area contributed by atoms with Crippen molar-refractivity contribution in [2.24, 2.45) is 0 Å². The Labute approximate surface area is 151 Å². The maximum atomic E-state index is 4.77. The normalized spacial score (nSPS) is 10.8. The minimum atomic E-state index is 0.279. The summed E-state index contributed by atoms with van der Waals surface area (Å²) in [7, 11) is 0. The zero-order chi connectivity index (χ0) is 18.2. The van der Waals surface area contributed by atoms with Gasteiger partial charge in [-0.2, -0.15) is 15.0 Å². The Hall–Kier alpha value is -2.37. The van der Waals surface area contributed by atoms with Crippen LogP contribution in [0.3, 0.4) is 0 Å². The molecule has 0 saturated heterocycles. The van der Waals surface area contributed by atoms with Gasteiger partial charge >= 0.3 is 0 Å². The molecule has 0 bridgehead atoms. The Balaban J connectivity index is 2.41. The van der Waals surface area contributed by atoms with Crippen LogP contribution in [0.4, 0.5) is 17.8 Å². The fraction of sp³-hybridized carbons (Fsp3) is 0.526. The molecule has 0 spiro atoms. The summed E-state index contributed by atoms with van der Waals surface area (Å²) in [6.07, 6.45) is 0. The monoisotopic (exact) mass is 342 g/mol. The fourth-order valence-corrected chi connectivity index (χ4v) is 2.63. The van der Waals surface area contributed by atoms with E-state index in [1.54, 1.807) is 0 Å². The Kier molecular flexibility index (Phi) is 6.98. The van der Waals surface area contributed by atoms with Gasteiger partial charge in [-0.25, -0.2) is 0 Å². The third kappa shape index (κ3) is 5.05. The van der Waals surface area contributed by atoms with Crippen LogP contribution in [0.5, 0.6) is 0 Å². The van der Waals surface area contributed by atoms with Crippen LogP contribution in [0, 0.1) is 0 Å². The van der Waals surface area contributed by atoms with E-state index in [0.717, 1.165) is 32.1 Å². The minimum Gasteiger partial charge on any atom is -0.354 e. The van der Waals surface area contributed by atoms with Crippen molar-refractivity contribution in [1.29, 1.82) is 0 Å². The second-order valence-electron chi connectivity index (χ2n) is 6.17. The predicted octanol–water partition coefficient (Wildman–Crippen LogP) is 3.56. The van der Waals surface area contributed by atoms with Gasteiger partial charge in [0.1, 0.15) is 0 Å². The molecule has 0 amide bonds. The molecule has 0 aliphatic carbocycles. The Morgan fingerprint density at radius 3 is 2.12 bits per heavy atom. The molecule has 0 atom stereocenters. The van der Waals surface area contributed by atoms with Crippen molar-refractivity contribution >= 4 is 17.8 Å². The zero-order valence-corrected chi connectivity index (χ0v) is 16.0. The third-order valence-corrected chi connectivity index (χ3v) is 4.07. The molecular weight excluding hydrogens is 312 g/mol. The summed E-state index contributed by atoms with van der Waals surface area (Å²) in [6.45, 7) is 13.9. The number of nitrogens with zero attached hydrogens (tertiary/aromatic N) is 5. The Bertz CT molecular complexity index is 640. The van der Waals surface area contributed by atoms with Crippen LogP contribution in [-0.2, 0) is 6.54 Å². The lowest BCUT2D eigenvalue weighted by molar-refractivity contribution is 0.655. The van der Waals surface area contributed by atoms with Gasteiger partial charge in [-0.05, 0) is 40.2 Å². The Morgan fingerprint density at radius 2 is 1.56 bits per heavy atom. The topological polar surface area (TPSA) is 57.2 Å². The summed E-state index contributed by atoms with van der Waals surface area (Å²) in [5, 5.41) is 3.23.